The van der Waals surface area contributed by atoms with Gasteiger partial charge in [0.1, 0.15) is 11.8 Å². The van der Waals surface area contributed by atoms with Crippen molar-refractivity contribution in [2.75, 3.05) is 18.8 Å². The molecule has 5 fully saturated rings. The maximum Gasteiger partial charge on any atom is 0.309 e. The number of hydrogen-bond donors (Lipinski definition) is 5. The number of nitrogens with two attached hydrogens (primary N) is 1. The van der Waals surface area contributed by atoms with E-state index in [1.165, 1.54) is 16.9 Å². The molecule has 0 aliphatic heterocycles. The molecule has 0 aromatic carbocycles. The molecule has 11 nitrogen and oxygen atoms in total. The van der Waals surface area contributed by atoms with Gasteiger partial charge in [0.05, 0.1) is 17.9 Å². The van der Waals surface area contributed by atoms with Gasteiger partial charge >= 0.3 is 11.9 Å². The standard InChI is InChI=1S/C47H72N4O7S/c1-25(2)35-30(52)21-47(33(53)22-49-24-41(3,4)51-37(54)29-23-59-40(48)50-29)19-18-45(10)26(36(35)47)12-13-32-44(9)16-15-34(43(7,8)31(44)14-17-46(32,45)11)58-39(57)28-20-27(38(55)56)42(28,5)6/h23,25-28,31-34,49,53H,12-22,24H2,1-11H3,(H2,48,50)(H,51,54)(H,55,56)/t26-,27+,28-,31+,32-,33+,34+,44+,45-,46-,47+/m1/s1. The first kappa shape index (κ1) is 44.2. The number of ether oxygens (including phenoxy) is 1. The molecule has 5 saturated carbocycles. The number of carboxylic acids is 1. The Hall–Kier alpha value is -2.83. The average molecular weight is 837 g/mol. The summed E-state index contributed by atoms with van der Waals surface area (Å²) in [5.74, 6) is -1.01. The molecule has 1 aromatic rings. The summed E-state index contributed by atoms with van der Waals surface area (Å²) in [4.78, 5) is 56.6. The van der Waals surface area contributed by atoms with E-state index in [1.807, 2.05) is 27.7 Å². The highest BCUT2D eigenvalue weighted by atomic mass is 32.1. The van der Waals surface area contributed by atoms with Gasteiger partial charge in [-0.05, 0) is 123 Å². The van der Waals surface area contributed by atoms with Crippen LogP contribution in [-0.4, -0.2) is 69.7 Å². The SMILES string of the molecule is CC(C)C1=C2[C@H]3CC[C@@H]4[C@@]5(C)CC[C@H](OC(=O)[C@H]6C[C@@H](C(=O)O)C6(C)C)C(C)(C)[C@@H]5CC[C@@]4(C)[C@]3(C)CC[C@@]2([C@@H](O)CNCC(C)(C)NC(=O)c2csc(N)n2)CC1=O. The number of Topliss-reactive ketones (excluding diaryl/α,β-unsaturated/α-hetero) is 1. The molecule has 0 radical (unpaired) electrons. The second-order valence-electron chi connectivity index (χ2n) is 22.7. The number of allylic oxidation sites excluding steroid dienone is 1. The third-order valence-corrected chi connectivity index (χ3v) is 19.0. The molecule has 6 aliphatic carbocycles. The molecular weight excluding hydrogens is 765 g/mol. The van der Waals surface area contributed by atoms with E-state index in [-0.39, 0.29) is 57.3 Å². The number of amides is 1. The molecule has 328 valence electrons. The largest absolute Gasteiger partial charge is 0.481 e. The van der Waals surface area contributed by atoms with Crippen LogP contribution >= 0.6 is 11.3 Å². The van der Waals surface area contributed by atoms with Gasteiger partial charge in [-0.2, -0.15) is 0 Å². The summed E-state index contributed by atoms with van der Waals surface area (Å²) in [5, 5.41) is 30.5. The fourth-order valence-corrected chi connectivity index (χ4v) is 15.3. The Labute approximate surface area is 355 Å². The lowest BCUT2D eigenvalue weighted by atomic mass is 9.33. The molecule has 7 rings (SSSR count). The van der Waals surface area contributed by atoms with E-state index in [0.717, 1.165) is 56.9 Å². The van der Waals surface area contributed by atoms with Crippen molar-refractivity contribution in [3.05, 3.63) is 22.2 Å². The highest BCUT2D eigenvalue weighted by molar-refractivity contribution is 7.13. The molecule has 0 unspecified atom stereocenters. The van der Waals surface area contributed by atoms with Gasteiger partial charge in [0.25, 0.3) is 5.91 Å². The van der Waals surface area contributed by atoms with E-state index in [2.05, 4.69) is 64.1 Å². The minimum Gasteiger partial charge on any atom is -0.481 e. The van der Waals surface area contributed by atoms with Gasteiger partial charge in [-0.15, -0.1) is 11.3 Å². The number of hydrogen-bond acceptors (Lipinski definition) is 10. The quantitative estimate of drug-likeness (QED) is 0.138. The lowest BCUT2D eigenvalue weighted by molar-refractivity contribution is -0.238. The molecule has 6 N–H and O–H groups in total. The van der Waals surface area contributed by atoms with Gasteiger partial charge in [0.2, 0.25) is 0 Å². The molecule has 1 heterocycles. The van der Waals surface area contributed by atoms with Crippen LogP contribution < -0.4 is 16.4 Å². The zero-order valence-corrected chi connectivity index (χ0v) is 38.4. The Bertz CT molecular complexity index is 1920. The maximum atomic E-state index is 14.2. The average Bonchev–Trinajstić information content (AvgIpc) is 3.69. The van der Waals surface area contributed by atoms with Gasteiger partial charge < -0.3 is 31.3 Å². The van der Waals surface area contributed by atoms with Crippen molar-refractivity contribution in [2.45, 2.75) is 158 Å². The number of fused-ring (bicyclic) bond motifs is 7. The molecule has 11 atom stereocenters. The van der Waals surface area contributed by atoms with E-state index < -0.39 is 40.3 Å². The second-order valence-corrected chi connectivity index (χ2v) is 23.6. The number of aliphatic hydroxyl groups is 1. The zero-order valence-electron chi connectivity index (χ0n) is 37.5. The molecule has 6 aliphatic rings. The van der Waals surface area contributed by atoms with E-state index in [0.29, 0.717) is 48.6 Å². The summed E-state index contributed by atoms with van der Waals surface area (Å²) in [6.07, 6.45) is 7.35. The number of aromatic nitrogens is 1. The lowest BCUT2D eigenvalue weighted by Gasteiger charge is -2.72. The fraction of sp³-hybridized carbons (Fsp3) is 0.809. The number of rotatable bonds is 11. The minimum atomic E-state index is -0.840. The number of nitrogen functional groups attached to an aromatic ring is 1. The predicted octanol–water partition coefficient (Wildman–Crippen LogP) is 7.82. The smallest absolute Gasteiger partial charge is 0.309 e. The van der Waals surface area contributed by atoms with E-state index in [4.69, 9.17) is 10.5 Å². The van der Waals surface area contributed by atoms with Crippen LogP contribution in [0.3, 0.4) is 0 Å². The summed E-state index contributed by atoms with van der Waals surface area (Å²) in [6.45, 7) is 24.8. The number of esters is 1. The predicted molar refractivity (Wildman–Crippen MR) is 229 cm³/mol. The van der Waals surface area contributed by atoms with Gasteiger partial charge in [-0.25, -0.2) is 4.98 Å². The molecule has 1 aromatic heterocycles. The number of nitrogens with one attached hydrogen (secondary N) is 2. The van der Waals surface area contributed by atoms with Crippen LogP contribution in [0.25, 0.3) is 0 Å². The van der Waals surface area contributed by atoms with Crippen LogP contribution in [0.4, 0.5) is 5.13 Å². The Morgan fingerprint density at radius 2 is 1.64 bits per heavy atom. The van der Waals surface area contributed by atoms with Crippen LogP contribution in [0, 0.1) is 68.0 Å². The monoisotopic (exact) mass is 837 g/mol. The van der Waals surface area contributed by atoms with Crippen LogP contribution in [0.5, 0.6) is 0 Å². The van der Waals surface area contributed by atoms with Crippen molar-refractivity contribution in [1.29, 1.82) is 0 Å². The topological polar surface area (TPSA) is 181 Å². The van der Waals surface area contributed by atoms with Crippen molar-refractivity contribution in [3.63, 3.8) is 0 Å². The fourth-order valence-electron chi connectivity index (χ4n) is 14.8. The van der Waals surface area contributed by atoms with Crippen molar-refractivity contribution >= 4 is 40.1 Å². The summed E-state index contributed by atoms with van der Waals surface area (Å²) in [6, 6.07) is 0. The number of anilines is 1. The summed E-state index contributed by atoms with van der Waals surface area (Å²) < 4.78 is 6.42. The summed E-state index contributed by atoms with van der Waals surface area (Å²) >= 11 is 1.23. The minimum absolute atomic E-state index is 0.0167. The number of carbonyl (C=O) groups is 4. The van der Waals surface area contributed by atoms with Crippen molar-refractivity contribution < 1.29 is 34.1 Å². The van der Waals surface area contributed by atoms with Gasteiger partial charge in [0, 0.05) is 41.3 Å². The molecule has 0 bridgehead atoms. The van der Waals surface area contributed by atoms with Crippen LogP contribution in [0.1, 0.15) is 151 Å². The molecule has 0 saturated heterocycles. The third kappa shape index (κ3) is 6.74. The molecule has 12 heteroatoms. The number of aliphatic hydroxyl groups excluding tert-OH is 1. The van der Waals surface area contributed by atoms with Crippen LogP contribution in [0.15, 0.2) is 16.5 Å². The van der Waals surface area contributed by atoms with Gasteiger partial charge in [-0.1, -0.05) is 67.9 Å². The molecular formula is C47H72N4O7S. The summed E-state index contributed by atoms with van der Waals surface area (Å²) in [7, 11) is 0. The molecule has 0 spiro atoms. The van der Waals surface area contributed by atoms with E-state index >= 15 is 0 Å². The second kappa shape index (κ2) is 14.6. The van der Waals surface area contributed by atoms with Crippen LogP contribution in [0.2, 0.25) is 0 Å². The zero-order chi connectivity index (χ0) is 43.5. The number of nitrogens with zero attached hydrogens (tertiary/aromatic N) is 1. The van der Waals surface area contributed by atoms with Crippen LogP contribution in [-0.2, 0) is 19.1 Å². The number of carboxylic acid groups (broad SMARTS) is 1. The number of thiazole rings is 1. The highest BCUT2D eigenvalue weighted by Crippen LogP contribution is 2.77. The third-order valence-electron chi connectivity index (χ3n) is 18.3. The number of ketones is 1. The Kier molecular flexibility index (Phi) is 11.0. The van der Waals surface area contributed by atoms with Gasteiger partial charge in [0.15, 0.2) is 10.9 Å². The molecule has 59 heavy (non-hydrogen) atoms. The Balaban J connectivity index is 1.09. The van der Waals surface area contributed by atoms with Crippen molar-refractivity contribution in [3.8, 4) is 0 Å². The normalized spacial score (nSPS) is 39.0. The first-order valence-corrected chi connectivity index (χ1v) is 23.3. The van der Waals surface area contributed by atoms with Gasteiger partial charge in [-0.3, -0.25) is 19.2 Å². The van der Waals surface area contributed by atoms with Crippen molar-refractivity contribution in [1.82, 2.24) is 15.6 Å². The van der Waals surface area contributed by atoms with E-state index in [9.17, 15) is 29.4 Å². The maximum absolute atomic E-state index is 14.2. The Morgan fingerprint density at radius 1 is 0.949 bits per heavy atom. The summed E-state index contributed by atoms with van der Waals surface area (Å²) in [5.41, 5.74) is 6.14. The van der Waals surface area contributed by atoms with Crippen molar-refractivity contribution in [2.24, 2.45) is 68.0 Å². The Morgan fingerprint density at radius 3 is 2.25 bits per heavy atom. The molecule has 1 amide bonds. The highest BCUT2D eigenvalue weighted by Gasteiger charge is 2.71. The number of aliphatic carboxylic acids is 1. The van der Waals surface area contributed by atoms with E-state index in [1.54, 1.807) is 5.38 Å². The lowest BCUT2D eigenvalue weighted by Crippen LogP contribution is -2.66. The first-order valence-electron chi connectivity index (χ1n) is 22.4. The number of carbonyl (C=O) groups excluding carboxylic acids is 3. The first-order chi connectivity index (χ1) is 27.3.